The fourth-order valence-corrected chi connectivity index (χ4v) is 4.87. The predicted molar refractivity (Wildman–Crippen MR) is 128 cm³/mol. The van der Waals surface area contributed by atoms with Crippen molar-refractivity contribution >= 4 is 33.0 Å². The first kappa shape index (κ1) is 20.5. The number of carbonyl (C=O) groups is 1. The lowest BCUT2D eigenvalue weighted by atomic mass is 9.96. The molecule has 1 N–H and O–H groups in total. The normalized spacial score (nSPS) is 14.6. The topological polar surface area (TPSA) is 71.8 Å². The second-order valence-electron chi connectivity index (χ2n) is 8.08. The smallest absolute Gasteiger partial charge is 0.227 e. The summed E-state index contributed by atoms with van der Waals surface area (Å²) in [6, 6.07) is 15.8. The molecule has 5 rings (SSSR count). The van der Waals surface area contributed by atoms with Crippen LogP contribution < -0.4 is 15.0 Å². The Bertz CT molecular complexity index is 1190. The van der Waals surface area contributed by atoms with E-state index in [0.717, 1.165) is 58.7 Å². The number of methoxy groups -OCH3 is 1. The van der Waals surface area contributed by atoms with Crippen LogP contribution in [-0.4, -0.2) is 40.7 Å². The standard InChI is InChI=1S/C24H25N5O2S/c1-16-3-5-17(6-4-16)21-15-29-23(26-21)32-24(27-29)28-13-11-18(12-14-28)22(30)25-19-7-9-20(31-2)10-8-19/h3-10,15,18H,11-14H2,1-2H3,(H,25,30). The number of aromatic nitrogens is 3. The van der Waals surface area contributed by atoms with Gasteiger partial charge in [0.25, 0.3) is 0 Å². The summed E-state index contributed by atoms with van der Waals surface area (Å²) in [4.78, 5) is 20.6. The summed E-state index contributed by atoms with van der Waals surface area (Å²) in [7, 11) is 1.63. The van der Waals surface area contributed by atoms with Gasteiger partial charge in [0.05, 0.1) is 19.0 Å². The van der Waals surface area contributed by atoms with E-state index in [2.05, 4.69) is 41.4 Å². The number of rotatable bonds is 5. The summed E-state index contributed by atoms with van der Waals surface area (Å²) < 4.78 is 7.02. The van der Waals surface area contributed by atoms with E-state index in [-0.39, 0.29) is 11.8 Å². The minimum Gasteiger partial charge on any atom is -0.497 e. The molecule has 32 heavy (non-hydrogen) atoms. The van der Waals surface area contributed by atoms with Gasteiger partial charge in [-0.15, -0.1) is 5.10 Å². The number of hydrogen-bond donors (Lipinski definition) is 1. The van der Waals surface area contributed by atoms with Crippen LogP contribution in [0.3, 0.4) is 0 Å². The molecule has 2 aromatic heterocycles. The van der Waals surface area contributed by atoms with Gasteiger partial charge in [-0.05, 0) is 44.0 Å². The summed E-state index contributed by atoms with van der Waals surface area (Å²) in [5, 5.41) is 8.72. The number of aryl methyl sites for hydroxylation is 1. The Labute approximate surface area is 190 Å². The maximum atomic E-state index is 12.7. The summed E-state index contributed by atoms with van der Waals surface area (Å²) in [6.07, 6.45) is 3.59. The molecule has 1 fully saturated rings. The zero-order valence-electron chi connectivity index (χ0n) is 18.1. The fraction of sp³-hybridized carbons (Fsp3) is 0.292. The van der Waals surface area contributed by atoms with E-state index >= 15 is 0 Å². The lowest BCUT2D eigenvalue weighted by Gasteiger charge is -2.30. The molecule has 0 radical (unpaired) electrons. The molecule has 1 saturated heterocycles. The number of benzene rings is 2. The Morgan fingerprint density at radius 3 is 2.47 bits per heavy atom. The van der Waals surface area contributed by atoms with Crippen molar-refractivity contribution in [1.82, 2.24) is 14.6 Å². The quantitative estimate of drug-likeness (QED) is 0.483. The van der Waals surface area contributed by atoms with Gasteiger partial charge in [0.15, 0.2) is 0 Å². The molecule has 2 aromatic carbocycles. The number of amides is 1. The van der Waals surface area contributed by atoms with E-state index < -0.39 is 0 Å². The molecule has 3 heterocycles. The van der Waals surface area contributed by atoms with E-state index in [0.29, 0.717) is 0 Å². The van der Waals surface area contributed by atoms with Crippen LogP contribution in [0.25, 0.3) is 16.2 Å². The Balaban J connectivity index is 1.20. The van der Waals surface area contributed by atoms with E-state index in [9.17, 15) is 4.79 Å². The molecule has 0 spiro atoms. The Morgan fingerprint density at radius 1 is 1.09 bits per heavy atom. The van der Waals surface area contributed by atoms with Crippen LogP contribution in [-0.2, 0) is 4.79 Å². The highest BCUT2D eigenvalue weighted by Crippen LogP contribution is 2.30. The van der Waals surface area contributed by atoms with Crippen molar-refractivity contribution in [2.45, 2.75) is 19.8 Å². The van der Waals surface area contributed by atoms with Crippen molar-refractivity contribution in [3.63, 3.8) is 0 Å². The molecule has 0 bridgehead atoms. The highest BCUT2D eigenvalue weighted by atomic mass is 32.1. The molecule has 8 heteroatoms. The van der Waals surface area contributed by atoms with Crippen LogP contribution in [0, 0.1) is 12.8 Å². The van der Waals surface area contributed by atoms with Crippen molar-refractivity contribution in [2.24, 2.45) is 5.92 Å². The molecule has 0 atom stereocenters. The van der Waals surface area contributed by atoms with Gasteiger partial charge < -0.3 is 15.0 Å². The number of hydrogen-bond acceptors (Lipinski definition) is 6. The summed E-state index contributed by atoms with van der Waals surface area (Å²) in [5.74, 6) is 0.856. The Kier molecular flexibility index (Phi) is 5.53. The van der Waals surface area contributed by atoms with Crippen molar-refractivity contribution < 1.29 is 9.53 Å². The van der Waals surface area contributed by atoms with Gasteiger partial charge in [-0.25, -0.2) is 9.50 Å². The Morgan fingerprint density at radius 2 is 1.81 bits per heavy atom. The number of piperidine rings is 1. The number of nitrogens with zero attached hydrogens (tertiary/aromatic N) is 4. The molecular formula is C24H25N5O2S. The van der Waals surface area contributed by atoms with E-state index in [1.807, 2.05) is 35.0 Å². The third-order valence-corrected chi connectivity index (χ3v) is 6.86. The molecule has 0 aliphatic carbocycles. The first-order valence-corrected chi connectivity index (χ1v) is 11.5. The van der Waals surface area contributed by atoms with E-state index in [4.69, 9.17) is 14.8 Å². The third kappa shape index (κ3) is 4.18. The van der Waals surface area contributed by atoms with Crippen molar-refractivity contribution in [1.29, 1.82) is 0 Å². The van der Waals surface area contributed by atoms with Gasteiger partial charge >= 0.3 is 0 Å². The van der Waals surface area contributed by atoms with Crippen LogP contribution in [0.1, 0.15) is 18.4 Å². The summed E-state index contributed by atoms with van der Waals surface area (Å²) >= 11 is 1.59. The average molecular weight is 448 g/mol. The average Bonchev–Trinajstić information content (AvgIpc) is 3.40. The number of anilines is 2. The van der Waals surface area contributed by atoms with Crippen LogP contribution in [0.2, 0.25) is 0 Å². The minimum absolute atomic E-state index is 0.00513. The maximum Gasteiger partial charge on any atom is 0.227 e. The number of imidazole rings is 1. The molecule has 1 aliphatic rings. The van der Waals surface area contributed by atoms with Crippen molar-refractivity contribution in [3.8, 4) is 17.0 Å². The third-order valence-electron chi connectivity index (χ3n) is 5.87. The molecule has 0 unspecified atom stereocenters. The van der Waals surface area contributed by atoms with E-state index in [1.165, 1.54) is 5.56 Å². The van der Waals surface area contributed by atoms with E-state index in [1.54, 1.807) is 18.4 Å². The van der Waals surface area contributed by atoms with Crippen LogP contribution in [0.5, 0.6) is 5.75 Å². The summed E-state index contributed by atoms with van der Waals surface area (Å²) in [5.41, 5.74) is 4.06. The lowest BCUT2D eigenvalue weighted by molar-refractivity contribution is -0.120. The number of fused-ring (bicyclic) bond motifs is 1. The Hall–Kier alpha value is -3.39. The predicted octanol–water partition coefficient (Wildman–Crippen LogP) is 4.63. The minimum atomic E-state index is 0.00513. The largest absolute Gasteiger partial charge is 0.497 e. The summed E-state index contributed by atoms with van der Waals surface area (Å²) in [6.45, 7) is 3.69. The highest BCUT2D eigenvalue weighted by molar-refractivity contribution is 7.20. The molecular weight excluding hydrogens is 422 g/mol. The first-order valence-electron chi connectivity index (χ1n) is 10.7. The maximum absolute atomic E-state index is 12.7. The van der Waals surface area contributed by atoms with Gasteiger partial charge in [-0.2, -0.15) is 0 Å². The van der Waals surface area contributed by atoms with Crippen molar-refractivity contribution in [3.05, 3.63) is 60.3 Å². The second-order valence-corrected chi connectivity index (χ2v) is 9.02. The number of nitrogens with one attached hydrogen (secondary N) is 1. The molecule has 4 aromatic rings. The zero-order valence-corrected chi connectivity index (χ0v) is 18.9. The SMILES string of the molecule is COc1ccc(NC(=O)C2CCN(c3nn4cc(-c5ccc(C)cc5)nc4s3)CC2)cc1. The van der Waals surface area contributed by atoms with Gasteiger partial charge in [-0.1, -0.05) is 41.2 Å². The molecule has 1 aliphatic heterocycles. The van der Waals surface area contributed by atoms with Crippen LogP contribution in [0.4, 0.5) is 10.8 Å². The zero-order chi connectivity index (χ0) is 22.1. The lowest BCUT2D eigenvalue weighted by Crippen LogP contribution is -2.38. The molecule has 0 saturated carbocycles. The fourth-order valence-electron chi connectivity index (χ4n) is 3.93. The van der Waals surface area contributed by atoms with Gasteiger partial charge in [-0.3, -0.25) is 4.79 Å². The van der Waals surface area contributed by atoms with Gasteiger partial charge in [0, 0.05) is 30.3 Å². The number of carbonyl (C=O) groups excluding carboxylic acids is 1. The monoisotopic (exact) mass is 447 g/mol. The second kappa shape index (κ2) is 8.63. The van der Waals surface area contributed by atoms with Gasteiger partial charge in [0.1, 0.15) is 5.75 Å². The molecule has 164 valence electrons. The highest BCUT2D eigenvalue weighted by Gasteiger charge is 2.27. The van der Waals surface area contributed by atoms with Gasteiger partial charge in [0.2, 0.25) is 16.0 Å². The van der Waals surface area contributed by atoms with Crippen LogP contribution >= 0.6 is 11.3 Å². The van der Waals surface area contributed by atoms with Crippen LogP contribution in [0.15, 0.2) is 54.7 Å². The first-order chi connectivity index (χ1) is 15.6. The molecule has 7 nitrogen and oxygen atoms in total. The molecule has 1 amide bonds. The number of ether oxygens (including phenoxy) is 1. The van der Waals surface area contributed by atoms with Crippen molar-refractivity contribution in [2.75, 3.05) is 30.4 Å².